The van der Waals surface area contributed by atoms with Crippen molar-refractivity contribution in [2.75, 3.05) is 5.73 Å². The molecule has 0 spiro atoms. The molecule has 0 saturated heterocycles. The second kappa shape index (κ2) is 4.72. The summed E-state index contributed by atoms with van der Waals surface area (Å²) in [7, 11) is 0. The molecule has 0 amide bonds. The molecule has 0 radical (unpaired) electrons. The fourth-order valence-electron chi connectivity index (χ4n) is 1.62. The Morgan fingerprint density at radius 2 is 1.76 bits per heavy atom. The minimum absolute atomic E-state index is 0.0152. The van der Waals surface area contributed by atoms with Gasteiger partial charge in [0, 0.05) is 5.56 Å². The summed E-state index contributed by atoms with van der Waals surface area (Å²) in [5, 5.41) is 11.0. The second-order valence-electron chi connectivity index (χ2n) is 3.98. The highest BCUT2D eigenvalue weighted by atomic mass is 35.5. The van der Waals surface area contributed by atoms with E-state index in [2.05, 4.69) is 15.3 Å². The quantitative estimate of drug-likeness (QED) is 0.676. The number of fused-ring (bicyclic) bond motifs is 1. The zero-order chi connectivity index (χ0) is 15.4. The average molecular weight is 354 g/mol. The predicted octanol–water partition coefficient (Wildman–Crippen LogP) is 3.76. The highest BCUT2D eigenvalue weighted by Gasteiger charge is 2.38. The lowest BCUT2D eigenvalue weighted by Crippen LogP contribution is -2.11. The average Bonchev–Trinajstić information content (AvgIpc) is 2.93. The Morgan fingerprint density at radius 1 is 1.14 bits per heavy atom. The summed E-state index contributed by atoms with van der Waals surface area (Å²) in [4.78, 5) is 0.0152. The molecule has 3 rings (SSSR count). The third kappa shape index (κ3) is 2.41. The Bertz CT molecular complexity index is 818. The van der Waals surface area contributed by atoms with Crippen LogP contribution in [0.15, 0.2) is 12.1 Å². The van der Waals surface area contributed by atoms with E-state index in [1.165, 1.54) is 12.1 Å². The number of anilines is 1. The molecule has 1 aromatic carbocycles. The van der Waals surface area contributed by atoms with Crippen LogP contribution >= 0.6 is 34.5 Å². The molecule has 5 nitrogen and oxygen atoms in total. The first-order chi connectivity index (χ1) is 9.77. The highest BCUT2D eigenvalue weighted by molar-refractivity contribution is 7.19. The first kappa shape index (κ1) is 14.4. The SMILES string of the molecule is Nc1c(Cl)cc(-c2nn3c(C(F)(F)F)nnc3s2)cc1Cl. The van der Waals surface area contributed by atoms with Crippen LogP contribution in [0.2, 0.25) is 10.0 Å². The monoisotopic (exact) mass is 353 g/mol. The van der Waals surface area contributed by atoms with E-state index in [1.54, 1.807) is 0 Å². The number of benzene rings is 1. The van der Waals surface area contributed by atoms with E-state index in [0.717, 1.165) is 11.3 Å². The van der Waals surface area contributed by atoms with E-state index in [4.69, 9.17) is 28.9 Å². The minimum Gasteiger partial charge on any atom is -0.396 e. The van der Waals surface area contributed by atoms with Gasteiger partial charge in [-0.1, -0.05) is 34.5 Å². The number of halogens is 5. The van der Waals surface area contributed by atoms with Gasteiger partial charge in [-0.3, -0.25) is 0 Å². The number of aromatic nitrogens is 4. The molecular formula is C10H4Cl2F3N5S. The molecular weight excluding hydrogens is 350 g/mol. The fraction of sp³-hybridized carbons (Fsp3) is 0.100. The number of nitrogens with zero attached hydrogens (tertiary/aromatic N) is 4. The molecule has 2 aromatic heterocycles. The van der Waals surface area contributed by atoms with E-state index in [-0.39, 0.29) is 25.7 Å². The maximum absolute atomic E-state index is 12.7. The van der Waals surface area contributed by atoms with Gasteiger partial charge in [-0.15, -0.1) is 10.2 Å². The van der Waals surface area contributed by atoms with Crippen molar-refractivity contribution < 1.29 is 13.2 Å². The minimum atomic E-state index is -4.64. The summed E-state index contributed by atoms with van der Waals surface area (Å²) in [6.07, 6.45) is -4.64. The summed E-state index contributed by atoms with van der Waals surface area (Å²) in [5.74, 6) is -1.19. The maximum Gasteiger partial charge on any atom is 0.453 e. The molecule has 2 N–H and O–H groups in total. The summed E-state index contributed by atoms with van der Waals surface area (Å²) in [5.41, 5.74) is 6.25. The van der Waals surface area contributed by atoms with Crippen molar-refractivity contribution >= 4 is 45.2 Å². The molecule has 0 bridgehead atoms. The van der Waals surface area contributed by atoms with E-state index in [9.17, 15) is 13.2 Å². The molecule has 0 atom stereocenters. The van der Waals surface area contributed by atoms with Crippen molar-refractivity contribution in [3.8, 4) is 10.6 Å². The van der Waals surface area contributed by atoms with Gasteiger partial charge in [-0.25, -0.2) is 0 Å². The number of nitrogens with two attached hydrogens (primary N) is 1. The van der Waals surface area contributed by atoms with E-state index < -0.39 is 12.0 Å². The smallest absolute Gasteiger partial charge is 0.396 e. The van der Waals surface area contributed by atoms with E-state index in [1.807, 2.05) is 0 Å². The molecule has 0 aliphatic carbocycles. The predicted molar refractivity (Wildman–Crippen MR) is 73.5 cm³/mol. The third-order valence-electron chi connectivity index (χ3n) is 2.57. The normalized spacial score (nSPS) is 12.2. The van der Waals surface area contributed by atoms with Crippen LogP contribution in [0, 0.1) is 0 Å². The lowest BCUT2D eigenvalue weighted by Gasteiger charge is -2.03. The molecule has 21 heavy (non-hydrogen) atoms. The van der Waals surface area contributed by atoms with Gasteiger partial charge < -0.3 is 5.73 Å². The Kier molecular flexibility index (Phi) is 3.23. The van der Waals surface area contributed by atoms with Gasteiger partial charge in [-0.05, 0) is 12.1 Å². The molecule has 0 aliphatic heterocycles. The largest absolute Gasteiger partial charge is 0.453 e. The number of alkyl halides is 3. The molecule has 110 valence electrons. The van der Waals surface area contributed by atoms with Crippen LogP contribution < -0.4 is 5.73 Å². The van der Waals surface area contributed by atoms with E-state index >= 15 is 0 Å². The van der Waals surface area contributed by atoms with Crippen molar-refractivity contribution in [1.82, 2.24) is 19.8 Å². The van der Waals surface area contributed by atoms with Gasteiger partial charge in [0.25, 0.3) is 5.82 Å². The molecule has 0 fully saturated rings. The van der Waals surface area contributed by atoms with Crippen LogP contribution in [-0.4, -0.2) is 19.8 Å². The van der Waals surface area contributed by atoms with Gasteiger partial charge in [0.2, 0.25) is 4.96 Å². The molecule has 0 saturated carbocycles. The van der Waals surface area contributed by atoms with Crippen LogP contribution in [0.3, 0.4) is 0 Å². The lowest BCUT2D eigenvalue weighted by molar-refractivity contribution is -0.146. The number of rotatable bonds is 1. The topological polar surface area (TPSA) is 69.1 Å². The molecule has 2 heterocycles. The van der Waals surface area contributed by atoms with Crippen molar-refractivity contribution in [2.45, 2.75) is 6.18 Å². The number of nitrogen functional groups attached to an aromatic ring is 1. The molecule has 0 aliphatic rings. The molecule has 3 aromatic rings. The maximum atomic E-state index is 12.7. The molecule has 0 unspecified atom stereocenters. The van der Waals surface area contributed by atoms with Crippen LogP contribution in [-0.2, 0) is 6.18 Å². The Hall–Kier alpha value is -1.58. The van der Waals surface area contributed by atoms with Gasteiger partial charge in [0.05, 0.1) is 15.7 Å². The number of hydrogen-bond acceptors (Lipinski definition) is 5. The highest BCUT2D eigenvalue weighted by Crippen LogP contribution is 2.36. The van der Waals surface area contributed by atoms with Gasteiger partial charge >= 0.3 is 6.18 Å². The van der Waals surface area contributed by atoms with Crippen LogP contribution in [0.4, 0.5) is 18.9 Å². The zero-order valence-corrected chi connectivity index (χ0v) is 12.1. The second-order valence-corrected chi connectivity index (χ2v) is 5.75. The summed E-state index contributed by atoms with van der Waals surface area (Å²) in [6, 6.07) is 2.95. The summed E-state index contributed by atoms with van der Waals surface area (Å²) < 4.78 is 38.8. The van der Waals surface area contributed by atoms with Crippen molar-refractivity contribution in [1.29, 1.82) is 0 Å². The third-order valence-corrected chi connectivity index (χ3v) is 4.14. The summed E-state index contributed by atoms with van der Waals surface area (Å²) >= 11 is 12.7. The first-order valence-electron chi connectivity index (χ1n) is 5.31. The van der Waals surface area contributed by atoms with Gasteiger partial charge in [0.1, 0.15) is 5.01 Å². The van der Waals surface area contributed by atoms with Crippen LogP contribution in [0.25, 0.3) is 15.5 Å². The van der Waals surface area contributed by atoms with Crippen molar-refractivity contribution in [3.63, 3.8) is 0 Å². The van der Waals surface area contributed by atoms with Crippen molar-refractivity contribution in [2.24, 2.45) is 0 Å². The van der Waals surface area contributed by atoms with Gasteiger partial charge in [0.15, 0.2) is 0 Å². The zero-order valence-electron chi connectivity index (χ0n) is 9.82. The summed E-state index contributed by atoms with van der Waals surface area (Å²) in [6.45, 7) is 0. The fourth-order valence-corrected chi connectivity index (χ4v) is 2.93. The molecule has 11 heteroatoms. The number of hydrogen-bond donors (Lipinski definition) is 1. The van der Waals surface area contributed by atoms with Crippen LogP contribution in [0.5, 0.6) is 0 Å². The lowest BCUT2D eigenvalue weighted by atomic mass is 10.2. The Labute approximate surface area is 129 Å². The Morgan fingerprint density at radius 3 is 2.33 bits per heavy atom. The standard InChI is InChI=1S/C10H4Cl2F3N5S/c11-4-1-3(2-5(12)6(4)16)7-19-20-8(10(13,14)15)17-18-9(20)21-7/h1-2H,16H2. The Balaban J connectivity index is 2.16. The van der Waals surface area contributed by atoms with Gasteiger partial charge in [-0.2, -0.15) is 22.8 Å². The van der Waals surface area contributed by atoms with Crippen LogP contribution in [0.1, 0.15) is 5.82 Å². The van der Waals surface area contributed by atoms with E-state index in [0.29, 0.717) is 10.1 Å². The first-order valence-corrected chi connectivity index (χ1v) is 6.89. The van der Waals surface area contributed by atoms with Crippen molar-refractivity contribution in [3.05, 3.63) is 28.0 Å².